The smallest absolute Gasteiger partial charge is 0.337 e. The first-order chi connectivity index (χ1) is 10.6. The summed E-state index contributed by atoms with van der Waals surface area (Å²) in [5.41, 5.74) is 2.30. The topological polar surface area (TPSA) is 59.8 Å². The Hall–Kier alpha value is -2.56. The molecule has 0 radical (unpaired) electrons. The maximum atomic E-state index is 12.6. The Balaban J connectivity index is 1.87. The minimum atomic E-state index is -0.369. The molecule has 1 aliphatic heterocycles. The first kappa shape index (κ1) is 14.4. The number of hydrogen-bond donors (Lipinski definition) is 0. The molecule has 2 aromatic rings. The number of methoxy groups -OCH3 is 1. The van der Waals surface area contributed by atoms with Crippen molar-refractivity contribution in [3.8, 4) is 0 Å². The first-order valence-corrected chi connectivity index (χ1v) is 7.26. The fourth-order valence-electron chi connectivity index (χ4n) is 2.67. The van der Waals surface area contributed by atoms with Gasteiger partial charge < -0.3 is 14.1 Å². The van der Waals surface area contributed by atoms with Gasteiger partial charge >= 0.3 is 5.97 Å². The van der Waals surface area contributed by atoms with Crippen molar-refractivity contribution < 1.29 is 18.7 Å². The number of nitrogens with zero attached hydrogens (tertiary/aromatic N) is 1. The van der Waals surface area contributed by atoms with E-state index in [-0.39, 0.29) is 11.9 Å². The Kier molecular flexibility index (Phi) is 3.71. The molecule has 0 spiro atoms. The van der Waals surface area contributed by atoms with Crippen LogP contribution >= 0.6 is 0 Å². The van der Waals surface area contributed by atoms with E-state index in [2.05, 4.69) is 0 Å². The van der Waals surface area contributed by atoms with Gasteiger partial charge in [0.1, 0.15) is 5.76 Å². The van der Waals surface area contributed by atoms with E-state index in [1.807, 2.05) is 13.0 Å². The summed E-state index contributed by atoms with van der Waals surface area (Å²) in [5, 5.41) is 0. The second-order valence-corrected chi connectivity index (χ2v) is 5.16. The number of esters is 1. The van der Waals surface area contributed by atoms with Crippen LogP contribution in [0.1, 0.15) is 39.2 Å². The summed E-state index contributed by atoms with van der Waals surface area (Å²) in [6, 6.07) is 8.78. The zero-order chi connectivity index (χ0) is 15.7. The average molecular weight is 299 g/mol. The number of anilines is 1. The molecule has 0 saturated carbocycles. The monoisotopic (exact) mass is 299 g/mol. The Morgan fingerprint density at radius 2 is 2.09 bits per heavy atom. The second-order valence-electron chi connectivity index (χ2n) is 5.16. The predicted molar refractivity (Wildman–Crippen MR) is 81.2 cm³/mol. The molecule has 0 bridgehead atoms. The molecule has 22 heavy (non-hydrogen) atoms. The van der Waals surface area contributed by atoms with Gasteiger partial charge in [-0.15, -0.1) is 0 Å². The molecule has 0 N–H and O–H groups in total. The van der Waals surface area contributed by atoms with E-state index >= 15 is 0 Å². The maximum Gasteiger partial charge on any atom is 0.337 e. The van der Waals surface area contributed by atoms with Crippen molar-refractivity contribution in [2.75, 3.05) is 18.6 Å². The van der Waals surface area contributed by atoms with Gasteiger partial charge in [-0.3, -0.25) is 4.79 Å². The standard InChI is InChI=1S/C17H17NO4/c1-3-13-5-7-15(22-13)16(19)18-9-8-11-10-12(17(20)21-2)4-6-14(11)18/h4-7,10H,3,8-9H2,1-2H3. The highest BCUT2D eigenvalue weighted by Crippen LogP contribution is 2.30. The number of rotatable bonds is 3. The molecule has 2 heterocycles. The number of carbonyl (C=O) groups excluding carboxylic acids is 2. The van der Waals surface area contributed by atoms with E-state index in [1.165, 1.54) is 7.11 Å². The van der Waals surface area contributed by atoms with Gasteiger partial charge in [-0.2, -0.15) is 0 Å². The maximum absolute atomic E-state index is 12.6. The fraction of sp³-hybridized carbons (Fsp3) is 0.294. The summed E-state index contributed by atoms with van der Waals surface area (Å²) in [6.07, 6.45) is 1.47. The molecule has 5 heteroatoms. The third kappa shape index (κ3) is 2.39. The molecule has 0 atom stereocenters. The molecule has 0 saturated heterocycles. The lowest BCUT2D eigenvalue weighted by atomic mass is 10.1. The van der Waals surface area contributed by atoms with Crippen molar-refractivity contribution in [1.29, 1.82) is 0 Å². The van der Waals surface area contributed by atoms with Crippen molar-refractivity contribution >= 4 is 17.6 Å². The molecule has 5 nitrogen and oxygen atoms in total. The Labute approximate surface area is 128 Å². The molecule has 3 rings (SSSR count). The van der Waals surface area contributed by atoms with Gasteiger partial charge in [0.05, 0.1) is 12.7 Å². The molecule has 1 aromatic heterocycles. The van der Waals surface area contributed by atoms with Crippen LogP contribution in [0.15, 0.2) is 34.7 Å². The highest BCUT2D eigenvalue weighted by Gasteiger charge is 2.28. The van der Waals surface area contributed by atoms with Crippen LogP contribution in [0.3, 0.4) is 0 Å². The summed E-state index contributed by atoms with van der Waals surface area (Å²) < 4.78 is 10.3. The summed E-state index contributed by atoms with van der Waals surface area (Å²) in [5.74, 6) is 0.626. The zero-order valence-corrected chi connectivity index (χ0v) is 12.6. The van der Waals surface area contributed by atoms with E-state index in [0.717, 1.165) is 23.4 Å². The van der Waals surface area contributed by atoms with E-state index in [0.29, 0.717) is 24.3 Å². The van der Waals surface area contributed by atoms with Crippen LogP contribution in [0, 0.1) is 0 Å². The molecule has 114 valence electrons. The predicted octanol–water partition coefficient (Wildman–Crippen LogP) is 2.83. The molecule has 0 unspecified atom stereocenters. The highest BCUT2D eigenvalue weighted by atomic mass is 16.5. The molecular formula is C17H17NO4. The number of furan rings is 1. The quantitative estimate of drug-likeness (QED) is 0.818. The normalized spacial score (nSPS) is 13.1. The Morgan fingerprint density at radius 1 is 1.27 bits per heavy atom. The van der Waals surface area contributed by atoms with E-state index in [4.69, 9.17) is 9.15 Å². The number of amides is 1. The SMILES string of the molecule is CCc1ccc(C(=O)N2CCc3cc(C(=O)OC)ccc32)o1. The average Bonchev–Trinajstić information content (AvgIpc) is 3.19. The molecule has 0 aliphatic carbocycles. The second kappa shape index (κ2) is 5.67. The van der Waals surface area contributed by atoms with Crippen LogP contribution in [0.5, 0.6) is 0 Å². The van der Waals surface area contributed by atoms with Crippen LogP contribution in [-0.2, 0) is 17.6 Å². The van der Waals surface area contributed by atoms with Crippen molar-refractivity contribution in [2.45, 2.75) is 19.8 Å². The van der Waals surface area contributed by atoms with Gasteiger partial charge in [0.2, 0.25) is 0 Å². The van der Waals surface area contributed by atoms with E-state index in [9.17, 15) is 9.59 Å². The number of aryl methyl sites for hydroxylation is 1. The summed E-state index contributed by atoms with van der Waals surface area (Å²) in [6.45, 7) is 2.56. The highest BCUT2D eigenvalue weighted by molar-refractivity contribution is 6.06. The lowest BCUT2D eigenvalue weighted by molar-refractivity contribution is 0.0600. The summed E-state index contributed by atoms with van der Waals surface area (Å²) >= 11 is 0. The molecule has 1 aromatic carbocycles. The van der Waals surface area contributed by atoms with Crippen molar-refractivity contribution in [3.63, 3.8) is 0 Å². The fourth-order valence-corrected chi connectivity index (χ4v) is 2.67. The number of ether oxygens (including phenoxy) is 1. The first-order valence-electron chi connectivity index (χ1n) is 7.26. The van der Waals surface area contributed by atoms with Crippen LogP contribution in [0.2, 0.25) is 0 Å². The lowest BCUT2D eigenvalue weighted by Gasteiger charge is -2.16. The Morgan fingerprint density at radius 3 is 2.77 bits per heavy atom. The van der Waals surface area contributed by atoms with Crippen molar-refractivity contribution in [1.82, 2.24) is 0 Å². The van der Waals surface area contributed by atoms with Crippen LogP contribution < -0.4 is 4.90 Å². The largest absolute Gasteiger partial charge is 0.465 e. The van der Waals surface area contributed by atoms with E-state index in [1.54, 1.807) is 29.2 Å². The third-order valence-corrected chi connectivity index (χ3v) is 3.86. The summed E-state index contributed by atoms with van der Waals surface area (Å²) in [7, 11) is 1.35. The molecule has 1 amide bonds. The van der Waals surface area contributed by atoms with Crippen molar-refractivity contribution in [2.24, 2.45) is 0 Å². The minimum Gasteiger partial charge on any atom is -0.465 e. The van der Waals surface area contributed by atoms with Crippen LogP contribution in [0.4, 0.5) is 5.69 Å². The van der Waals surface area contributed by atoms with Crippen LogP contribution in [0.25, 0.3) is 0 Å². The van der Waals surface area contributed by atoms with Gasteiger partial charge in [-0.1, -0.05) is 6.92 Å². The number of fused-ring (bicyclic) bond motifs is 1. The molecular weight excluding hydrogens is 282 g/mol. The van der Waals surface area contributed by atoms with Gasteiger partial charge in [-0.25, -0.2) is 4.79 Å². The van der Waals surface area contributed by atoms with Crippen molar-refractivity contribution in [3.05, 3.63) is 53.0 Å². The Bertz CT molecular complexity index is 732. The number of carbonyl (C=O) groups is 2. The number of benzene rings is 1. The molecule has 0 fully saturated rings. The van der Waals surface area contributed by atoms with Gasteiger partial charge in [-0.05, 0) is 42.3 Å². The lowest BCUT2D eigenvalue weighted by Crippen LogP contribution is -2.28. The van der Waals surface area contributed by atoms with Gasteiger partial charge in [0.25, 0.3) is 5.91 Å². The third-order valence-electron chi connectivity index (χ3n) is 3.86. The van der Waals surface area contributed by atoms with Crippen LogP contribution in [-0.4, -0.2) is 25.5 Å². The van der Waals surface area contributed by atoms with Gasteiger partial charge in [0, 0.05) is 18.7 Å². The zero-order valence-electron chi connectivity index (χ0n) is 12.6. The summed E-state index contributed by atoms with van der Waals surface area (Å²) in [4.78, 5) is 25.8. The minimum absolute atomic E-state index is 0.149. The van der Waals surface area contributed by atoms with E-state index < -0.39 is 0 Å². The number of hydrogen-bond acceptors (Lipinski definition) is 4. The van der Waals surface area contributed by atoms with Gasteiger partial charge in [0.15, 0.2) is 5.76 Å². The molecule has 1 aliphatic rings.